The van der Waals surface area contributed by atoms with Crippen LogP contribution in [0.3, 0.4) is 0 Å². The van der Waals surface area contributed by atoms with Crippen LogP contribution in [0.5, 0.6) is 0 Å². The molecule has 0 unspecified atom stereocenters. The van der Waals surface area contributed by atoms with Crippen molar-refractivity contribution in [1.82, 2.24) is 9.78 Å². The number of aromatic nitrogens is 2. The second-order valence-corrected chi connectivity index (χ2v) is 6.68. The SMILES string of the molecule is N#Cc1ccc(-n2nc(-c3ccc(I)cc3)c3c2NCC3)cc1. The van der Waals surface area contributed by atoms with E-state index in [9.17, 15) is 0 Å². The molecule has 0 saturated carbocycles. The van der Waals surface area contributed by atoms with Crippen molar-refractivity contribution in [2.75, 3.05) is 11.9 Å². The fourth-order valence-electron chi connectivity index (χ4n) is 2.88. The summed E-state index contributed by atoms with van der Waals surface area (Å²) in [6.45, 7) is 0.931. The van der Waals surface area contributed by atoms with Gasteiger partial charge in [0.05, 0.1) is 23.0 Å². The van der Waals surface area contributed by atoms with Crippen LogP contribution in [0.2, 0.25) is 0 Å². The molecular formula is C18H13IN4. The molecule has 112 valence electrons. The summed E-state index contributed by atoms with van der Waals surface area (Å²) < 4.78 is 3.16. The van der Waals surface area contributed by atoms with Crippen LogP contribution in [-0.2, 0) is 6.42 Å². The maximum Gasteiger partial charge on any atom is 0.133 e. The highest BCUT2D eigenvalue weighted by atomic mass is 127. The lowest BCUT2D eigenvalue weighted by atomic mass is 10.1. The molecule has 3 aromatic rings. The first-order valence-corrected chi connectivity index (χ1v) is 8.46. The van der Waals surface area contributed by atoms with Crippen molar-refractivity contribution in [2.24, 2.45) is 0 Å². The minimum absolute atomic E-state index is 0.656. The first-order chi connectivity index (χ1) is 11.3. The third-order valence-corrected chi connectivity index (χ3v) is 4.73. The molecular weight excluding hydrogens is 399 g/mol. The predicted octanol–water partition coefficient (Wildman–Crippen LogP) is 3.98. The maximum atomic E-state index is 8.94. The Kier molecular flexibility index (Phi) is 3.54. The summed E-state index contributed by atoms with van der Waals surface area (Å²) in [7, 11) is 0. The van der Waals surface area contributed by atoms with Gasteiger partial charge in [-0.15, -0.1) is 0 Å². The summed E-state index contributed by atoms with van der Waals surface area (Å²) >= 11 is 2.31. The van der Waals surface area contributed by atoms with Crippen LogP contribution in [0.25, 0.3) is 16.9 Å². The average Bonchev–Trinajstić information content (AvgIpc) is 3.18. The number of benzene rings is 2. The number of anilines is 1. The van der Waals surface area contributed by atoms with Gasteiger partial charge < -0.3 is 5.32 Å². The summed E-state index contributed by atoms with van der Waals surface area (Å²) in [5.74, 6) is 1.06. The molecule has 0 aliphatic carbocycles. The molecule has 1 aliphatic heterocycles. The van der Waals surface area contributed by atoms with Gasteiger partial charge in [-0.3, -0.25) is 0 Å². The highest BCUT2D eigenvalue weighted by Gasteiger charge is 2.23. The number of rotatable bonds is 2. The zero-order chi connectivity index (χ0) is 15.8. The average molecular weight is 412 g/mol. The van der Waals surface area contributed by atoms with Crippen LogP contribution in [-0.4, -0.2) is 16.3 Å². The van der Waals surface area contributed by atoms with Gasteiger partial charge in [0.15, 0.2) is 0 Å². The minimum atomic E-state index is 0.656. The first-order valence-electron chi connectivity index (χ1n) is 7.38. The standard InChI is InChI=1S/C18H13IN4/c19-14-5-3-13(4-6-14)17-16-9-10-21-18(16)23(22-17)15-7-1-12(11-20)2-8-15/h1-8,21H,9-10H2. The van der Waals surface area contributed by atoms with Gasteiger partial charge in [-0.1, -0.05) is 12.1 Å². The van der Waals surface area contributed by atoms with Crippen molar-refractivity contribution in [3.8, 4) is 23.0 Å². The summed E-state index contributed by atoms with van der Waals surface area (Å²) in [5, 5.41) is 17.2. The molecule has 5 heteroatoms. The van der Waals surface area contributed by atoms with Gasteiger partial charge in [-0.05, 0) is 65.4 Å². The Balaban J connectivity index is 1.84. The molecule has 0 fully saturated rings. The van der Waals surface area contributed by atoms with Gasteiger partial charge >= 0.3 is 0 Å². The number of nitriles is 1. The van der Waals surface area contributed by atoms with Crippen molar-refractivity contribution < 1.29 is 0 Å². The second kappa shape index (κ2) is 5.70. The molecule has 4 rings (SSSR count). The lowest BCUT2D eigenvalue weighted by molar-refractivity contribution is 0.882. The van der Waals surface area contributed by atoms with Gasteiger partial charge in [0.1, 0.15) is 5.82 Å². The van der Waals surface area contributed by atoms with Crippen molar-refractivity contribution in [2.45, 2.75) is 6.42 Å². The Bertz CT molecular complexity index is 902. The number of halogens is 1. The third kappa shape index (κ3) is 2.49. The van der Waals surface area contributed by atoms with E-state index in [1.54, 1.807) is 0 Å². The van der Waals surface area contributed by atoms with Crippen LogP contribution >= 0.6 is 22.6 Å². The van der Waals surface area contributed by atoms with Gasteiger partial charge in [-0.2, -0.15) is 10.4 Å². The maximum absolute atomic E-state index is 8.94. The van der Waals surface area contributed by atoms with Crippen LogP contribution in [0, 0.1) is 14.9 Å². The summed E-state index contributed by atoms with van der Waals surface area (Å²) in [6, 6.07) is 18.1. The van der Waals surface area contributed by atoms with Crippen molar-refractivity contribution in [3.63, 3.8) is 0 Å². The quantitative estimate of drug-likeness (QED) is 0.648. The van der Waals surface area contributed by atoms with E-state index in [4.69, 9.17) is 10.4 Å². The third-order valence-electron chi connectivity index (χ3n) is 4.01. The monoisotopic (exact) mass is 412 g/mol. The lowest BCUT2D eigenvalue weighted by Crippen LogP contribution is -2.04. The molecule has 4 nitrogen and oxygen atoms in total. The fraction of sp³-hybridized carbons (Fsp3) is 0.111. The van der Waals surface area contributed by atoms with E-state index in [1.165, 1.54) is 9.13 Å². The van der Waals surface area contributed by atoms with Crippen molar-refractivity contribution in [3.05, 3.63) is 63.2 Å². The molecule has 0 radical (unpaired) electrons. The van der Waals surface area contributed by atoms with Gasteiger partial charge in [0.2, 0.25) is 0 Å². The lowest BCUT2D eigenvalue weighted by Gasteiger charge is -2.06. The first kappa shape index (κ1) is 14.3. The molecule has 1 N–H and O–H groups in total. The van der Waals surface area contributed by atoms with Crippen LogP contribution < -0.4 is 5.32 Å². The van der Waals surface area contributed by atoms with Gasteiger partial charge in [0.25, 0.3) is 0 Å². The Hall–Kier alpha value is -2.33. The topological polar surface area (TPSA) is 53.6 Å². The Morgan fingerprint density at radius 1 is 1.09 bits per heavy atom. The molecule has 1 aliphatic rings. The largest absolute Gasteiger partial charge is 0.369 e. The van der Waals surface area contributed by atoms with Gasteiger partial charge in [-0.25, -0.2) is 4.68 Å². The van der Waals surface area contributed by atoms with E-state index in [1.807, 2.05) is 28.9 Å². The number of fused-ring (bicyclic) bond motifs is 1. The van der Waals surface area contributed by atoms with E-state index < -0.39 is 0 Å². The van der Waals surface area contributed by atoms with E-state index in [2.05, 4.69) is 58.2 Å². The normalized spacial score (nSPS) is 12.5. The Labute approximate surface area is 147 Å². The number of hydrogen-bond acceptors (Lipinski definition) is 3. The number of nitrogens with zero attached hydrogens (tertiary/aromatic N) is 3. The predicted molar refractivity (Wildman–Crippen MR) is 98.6 cm³/mol. The summed E-state index contributed by atoms with van der Waals surface area (Å²) in [6.07, 6.45) is 0.979. The molecule has 0 atom stereocenters. The second-order valence-electron chi connectivity index (χ2n) is 5.43. The highest BCUT2D eigenvalue weighted by molar-refractivity contribution is 14.1. The Morgan fingerprint density at radius 3 is 2.52 bits per heavy atom. The van der Waals surface area contributed by atoms with E-state index >= 15 is 0 Å². The summed E-state index contributed by atoms with van der Waals surface area (Å²) in [5.41, 5.74) is 5.05. The highest BCUT2D eigenvalue weighted by Crippen LogP contribution is 2.34. The van der Waals surface area contributed by atoms with E-state index in [-0.39, 0.29) is 0 Å². The van der Waals surface area contributed by atoms with Crippen molar-refractivity contribution in [1.29, 1.82) is 5.26 Å². The van der Waals surface area contributed by atoms with Crippen LogP contribution in [0.15, 0.2) is 48.5 Å². The smallest absolute Gasteiger partial charge is 0.133 e. The molecule has 0 saturated heterocycles. The molecule has 2 heterocycles. The Morgan fingerprint density at radius 2 is 1.83 bits per heavy atom. The number of hydrogen-bond donors (Lipinski definition) is 1. The molecule has 0 bridgehead atoms. The zero-order valence-corrected chi connectivity index (χ0v) is 14.4. The zero-order valence-electron chi connectivity index (χ0n) is 12.3. The van der Waals surface area contributed by atoms with Crippen LogP contribution in [0.4, 0.5) is 5.82 Å². The molecule has 1 aromatic heterocycles. The van der Waals surface area contributed by atoms with Crippen LogP contribution in [0.1, 0.15) is 11.1 Å². The minimum Gasteiger partial charge on any atom is -0.369 e. The van der Waals surface area contributed by atoms with E-state index in [0.717, 1.165) is 35.7 Å². The molecule has 0 spiro atoms. The number of nitrogens with one attached hydrogen (secondary N) is 1. The molecule has 0 amide bonds. The fourth-order valence-corrected chi connectivity index (χ4v) is 3.24. The molecule has 2 aromatic carbocycles. The van der Waals surface area contributed by atoms with E-state index in [0.29, 0.717) is 5.56 Å². The van der Waals surface area contributed by atoms with Crippen molar-refractivity contribution >= 4 is 28.4 Å². The molecule has 23 heavy (non-hydrogen) atoms. The summed E-state index contributed by atoms with van der Waals surface area (Å²) in [4.78, 5) is 0. The van der Waals surface area contributed by atoms with Gasteiger partial charge in [0, 0.05) is 21.2 Å².